The lowest BCUT2D eigenvalue weighted by molar-refractivity contribution is -0.186. The first-order valence-electron chi connectivity index (χ1n) is 12.2. The molecule has 35 heavy (non-hydrogen) atoms. The summed E-state index contributed by atoms with van der Waals surface area (Å²) in [5.74, 6) is -1.76. The zero-order chi connectivity index (χ0) is 25.0. The van der Waals surface area contributed by atoms with E-state index in [1.165, 1.54) is 0 Å². The number of nitrogens with zero attached hydrogens (tertiary/aromatic N) is 2. The maximum absolute atomic E-state index is 14.0. The van der Waals surface area contributed by atoms with Crippen LogP contribution in [-0.2, 0) is 6.54 Å². The van der Waals surface area contributed by atoms with Crippen LogP contribution in [-0.4, -0.2) is 54.4 Å². The molecule has 1 saturated carbocycles. The summed E-state index contributed by atoms with van der Waals surface area (Å²) < 4.78 is 33.7. The van der Waals surface area contributed by atoms with Gasteiger partial charge >= 0.3 is 0 Å². The molecule has 0 radical (unpaired) electrons. The maximum atomic E-state index is 14.0. The number of methoxy groups -OCH3 is 1. The van der Waals surface area contributed by atoms with Crippen LogP contribution >= 0.6 is 0 Å². The van der Waals surface area contributed by atoms with Crippen LogP contribution in [0.3, 0.4) is 0 Å². The lowest BCUT2D eigenvalue weighted by atomic mass is 9.59. The maximum Gasteiger partial charge on any atom is 0.253 e. The van der Waals surface area contributed by atoms with Crippen molar-refractivity contribution < 1.29 is 18.3 Å². The van der Waals surface area contributed by atoms with E-state index in [2.05, 4.69) is 28.9 Å². The number of alkyl halides is 2. The summed E-state index contributed by atoms with van der Waals surface area (Å²) in [5, 5.41) is 1.13. The van der Waals surface area contributed by atoms with Gasteiger partial charge in [-0.1, -0.05) is 12.1 Å². The van der Waals surface area contributed by atoms with Crippen molar-refractivity contribution in [2.24, 2.45) is 5.41 Å². The van der Waals surface area contributed by atoms with Crippen molar-refractivity contribution >= 4 is 16.8 Å². The molecule has 7 heteroatoms. The fraction of sp³-hybridized carbons (Fsp3) is 0.464. The Balaban J connectivity index is 1.49. The molecule has 0 unspecified atom stereocenters. The Hall–Kier alpha value is -2.93. The number of likely N-dealkylation sites (tertiary alicyclic amines) is 1. The SMILES string of the molecule is COc1cc(C)c2[nH]ccc2c1CN1CCC2(C[C@H]1c1ccc(C(=O)N(C)C)cc1)CC(F)(F)C2. The zero-order valence-corrected chi connectivity index (χ0v) is 20.8. The number of carbonyl (C=O) groups excluding carboxylic acids is 1. The van der Waals surface area contributed by atoms with Gasteiger partial charge in [-0.3, -0.25) is 9.69 Å². The molecule has 186 valence electrons. The van der Waals surface area contributed by atoms with Gasteiger partial charge in [0.1, 0.15) is 5.75 Å². The second-order valence-corrected chi connectivity index (χ2v) is 10.6. The summed E-state index contributed by atoms with van der Waals surface area (Å²) in [5.41, 5.74) is 4.69. The third-order valence-corrected chi connectivity index (χ3v) is 7.90. The van der Waals surface area contributed by atoms with Gasteiger partial charge in [0, 0.05) is 67.8 Å². The van der Waals surface area contributed by atoms with Crippen LogP contribution in [0.1, 0.15) is 58.8 Å². The van der Waals surface area contributed by atoms with Crippen molar-refractivity contribution in [3.63, 3.8) is 0 Å². The minimum Gasteiger partial charge on any atom is -0.496 e. The Labute approximate surface area is 205 Å². The fourth-order valence-corrected chi connectivity index (χ4v) is 6.15. The molecular weight excluding hydrogens is 448 g/mol. The van der Waals surface area contributed by atoms with Crippen LogP contribution in [0.4, 0.5) is 8.78 Å². The second kappa shape index (κ2) is 8.63. The molecule has 1 amide bonds. The molecule has 1 N–H and O–H groups in total. The number of piperidine rings is 1. The van der Waals surface area contributed by atoms with E-state index in [9.17, 15) is 13.6 Å². The van der Waals surface area contributed by atoms with Crippen LogP contribution in [0.15, 0.2) is 42.6 Å². The van der Waals surface area contributed by atoms with E-state index < -0.39 is 5.92 Å². The molecule has 1 aromatic heterocycles. The predicted molar refractivity (Wildman–Crippen MR) is 133 cm³/mol. The van der Waals surface area contributed by atoms with E-state index >= 15 is 0 Å². The molecule has 2 aliphatic rings. The third kappa shape index (κ3) is 4.31. The first kappa shape index (κ1) is 23.8. The Kier molecular flexibility index (Phi) is 5.86. The number of aryl methyl sites for hydroxylation is 1. The van der Waals surface area contributed by atoms with Gasteiger partial charge < -0.3 is 14.6 Å². The van der Waals surface area contributed by atoms with Crippen LogP contribution < -0.4 is 4.74 Å². The summed E-state index contributed by atoms with van der Waals surface area (Å²) in [7, 11) is 5.16. The number of hydrogen-bond acceptors (Lipinski definition) is 3. The van der Waals surface area contributed by atoms with Gasteiger partial charge in [-0.05, 0) is 67.1 Å². The molecule has 1 aliphatic heterocycles. The number of rotatable bonds is 5. The van der Waals surface area contributed by atoms with Gasteiger partial charge in [-0.25, -0.2) is 8.78 Å². The number of amides is 1. The van der Waals surface area contributed by atoms with Crippen molar-refractivity contribution in [2.75, 3.05) is 27.7 Å². The highest BCUT2D eigenvalue weighted by Crippen LogP contribution is 2.60. The van der Waals surface area contributed by atoms with E-state index in [1.54, 1.807) is 26.1 Å². The lowest BCUT2D eigenvalue weighted by Crippen LogP contribution is -2.53. The van der Waals surface area contributed by atoms with Gasteiger partial charge in [0.25, 0.3) is 5.91 Å². The highest BCUT2D eigenvalue weighted by molar-refractivity contribution is 5.93. The number of H-pyrrole nitrogens is 1. The normalized spacial score (nSPS) is 21.1. The number of ether oxygens (including phenoxy) is 1. The topological polar surface area (TPSA) is 48.6 Å². The van der Waals surface area contributed by atoms with Crippen LogP contribution in [0.5, 0.6) is 5.75 Å². The van der Waals surface area contributed by atoms with Crippen molar-refractivity contribution in [2.45, 2.75) is 51.1 Å². The molecule has 5 nitrogen and oxygen atoms in total. The highest BCUT2D eigenvalue weighted by Gasteiger charge is 2.58. The molecule has 5 rings (SSSR count). The number of halogens is 2. The molecule has 2 heterocycles. The first-order chi connectivity index (χ1) is 16.6. The van der Waals surface area contributed by atoms with E-state index in [-0.39, 0.29) is 30.2 Å². The van der Waals surface area contributed by atoms with Crippen molar-refractivity contribution in [1.82, 2.24) is 14.8 Å². The quantitative estimate of drug-likeness (QED) is 0.491. The molecule has 1 aliphatic carbocycles. The van der Waals surface area contributed by atoms with E-state index in [4.69, 9.17) is 4.74 Å². The molecule has 1 saturated heterocycles. The molecule has 1 spiro atoms. The van der Waals surface area contributed by atoms with Crippen LogP contribution in [0, 0.1) is 12.3 Å². The van der Waals surface area contributed by atoms with Crippen LogP contribution in [0.2, 0.25) is 0 Å². The Morgan fingerprint density at radius 1 is 1.20 bits per heavy atom. The molecule has 2 aromatic carbocycles. The summed E-state index contributed by atoms with van der Waals surface area (Å²) in [6.07, 6.45) is 3.34. The minimum absolute atomic E-state index is 0.0108. The fourth-order valence-electron chi connectivity index (χ4n) is 6.15. The van der Waals surface area contributed by atoms with Gasteiger partial charge in [-0.2, -0.15) is 0 Å². The largest absolute Gasteiger partial charge is 0.496 e. The Morgan fingerprint density at radius 3 is 2.54 bits per heavy atom. The molecule has 3 aromatic rings. The smallest absolute Gasteiger partial charge is 0.253 e. The lowest BCUT2D eigenvalue weighted by Gasteiger charge is -2.54. The highest BCUT2D eigenvalue weighted by atomic mass is 19.3. The molecule has 0 bridgehead atoms. The number of carbonyl (C=O) groups is 1. The standard InChI is InChI=1S/C28H33F2N3O2/c1-18-13-24(35-4)22(21-9-11-31-25(18)21)15-33-12-10-27(16-28(29,30)17-27)14-23(33)19-5-7-20(8-6-19)26(34)32(2)3/h5-9,11,13,23,31H,10,12,14-17H2,1-4H3/t23-/m0/s1. The average molecular weight is 482 g/mol. The van der Waals surface area contributed by atoms with Gasteiger partial charge in [0.2, 0.25) is 5.92 Å². The number of hydrogen-bond donors (Lipinski definition) is 1. The van der Waals surface area contributed by atoms with Gasteiger partial charge in [0.05, 0.1) is 7.11 Å². The van der Waals surface area contributed by atoms with Crippen molar-refractivity contribution in [1.29, 1.82) is 0 Å². The molecular formula is C28H33F2N3O2. The molecule has 2 fully saturated rings. The summed E-state index contributed by atoms with van der Waals surface area (Å²) in [6.45, 7) is 3.46. The zero-order valence-electron chi connectivity index (χ0n) is 20.8. The summed E-state index contributed by atoms with van der Waals surface area (Å²) >= 11 is 0. The second-order valence-electron chi connectivity index (χ2n) is 10.6. The number of aromatic nitrogens is 1. The van der Waals surface area contributed by atoms with Crippen molar-refractivity contribution in [3.05, 3.63) is 64.8 Å². The summed E-state index contributed by atoms with van der Waals surface area (Å²) in [4.78, 5) is 19.7. The average Bonchev–Trinajstić information content (AvgIpc) is 3.31. The van der Waals surface area contributed by atoms with Crippen molar-refractivity contribution in [3.8, 4) is 5.75 Å². The van der Waals surface area contributed by atoms with E-state index in [0.717, 1.165) is 46.3 Å². The van der Waals surface area contributed by atoms with E-state index in [0.29, 0.717) is 18.5 Å². The molecule has 1 atom stereocenters. The number of benzene rings is 2. The van der Waals surface area contributed by atoms with E-state index in [1.807, 2.05) is 30.5 Å². The monoisotopic (exact) mass is 481 g/mol. The Bertz CT molecular complexity index is 1240. The van der Waals surface area contributed by atoms with Gasteiger partial charge in [0.15, 0.2) is 0 Å². The predicted octanol–water partition coefficient (Wildman–Crippen LogP) is 5.94. The van der Waals surface area contributed by atoms with Gasteiger partial charge in [-0.15, -0.1) is 0 Å². The summed E-state index contributed by atoms with van der Waals surface area (Å²) in [6, 6.07) is 11.8. The number of fused-ring (bicyclic) bond motifs is 1. The first-order valence-corrected chi connectivity index (χ1v) is 12.2. The third-order valence-electron chi connectivity index (χ3n) is 7.90. The van der Waals surface area contributed by atoms with Crippen LogP contribution in [0.25, 0.3) is 10.9 Å². The number of nitrogens with one attached hydrogen (secondary N) is 1. The Morgan fingerprint density at radius 2 is 1.91 bits per heavy atom. The number of aromatic amines is 1. The minimum atomic E-state index is -2.55.